The third kappa shape index (κ3) is 3.50. The van der Waals surface area contributed by atoms with Crippen LogP contribution in [0, 0.1) is 0 Å². The highest BCUT2D eigenvalue weighted by Gasteiger charge is 2.25. The van der Waals surface area contributed by atoms with Crippen LogP contribution in [0.5, 0.6) is 0 Å². The number of fused-ring (bicyclic) bond motifs is 1. The molecular formula is C20H17ClN4O2S. The van der Waals surface area contributed by atoms with Gasteiger partial charge in [-0.1, -0.05) is 60.7 Å². The summed E-state index contributed by atoms with van der Waals surface area (Å²) in [6.45, 7) is 0. The van der Waals surface area contributed by atoms with Crippen molar-refractivity contribution in [1.29, 1.82) is 0 Å². The summed E-state index contributed by atoms with van der Waals surface area (Å²) in [5.41, 5.74) is 4.24. The lowest BCUT2D eigenvalue weighted by Crippen LogP contribution is -2.17. The van der Waals surface area contributed by atoms with Gasteiger partial charge in [-0.05, 0) is 5.56 Å². The maximum atomic E-state index is 12.0. The Morgan fingerprint density at radius 3 is 2.18 bits per heavy atom. The molecule has 6 nitrogen and oxygen atoms in total. The zero-order valence-electron chi connectivity index (χ0n) is 15.0. The van der Waals surface area contributed by atoms with Gasteiger partial charge in [0.2, 0.25) is 5.65 Å². The molecule has 0 spiro atoms. The number of nitrogens with zero attached hydrogens (tertiary/aromatic N) is 3. The predicted molar refractivity (Wildman–Crippen MR) is 111 cm³/mol. The van der Waals surface area contributed by atoms with E-state index < -0.39 is 14.5 Å². The molecule has 4 rings (SSSR count). The van der Waals surface area contributed by atoms with Gasteiger partial charge in [0.15, 0.2) is 9.84 Å². The highest BCUT2D eigenvalue weighted by Crippen LogP contribution is 2.34. The molecule has 0 saturated heterocycles. The van der Waals surface area contributed by atoms with Crippen LogP contribution in [0.3, 0.4) is 0 Å². The third-order valence-corrected chi connectivity index (χ3v) is 6.74. The van der Waals surface area contributed by atoms with E-state index in [1.807, 2.05) is 60.7 Å². The van der Waals surface area contributed by atoms with E-state index in [1.54, 1.807) is 0 Å². The largest absolute Gasteiger partial charge is 0.275 e. The second kappa shape index (κ2) is 7.33. The minimum absolute atomic E-state index is 0.0933. The molecule has 0 fully saturated rings. The second-order valence-electron chi connectivity index (χ2n) is 6.50. The number of sulfone groups is 1. The number of aromatic nitrogens is 4. The molecule has 1 atom stereocenters. The first-order chi connectivity index (χ1) is 13.4. The third-order valence-electron chi connectivity index (χ3n) is 4.52. The van der Waals surface area contributed by atoms with E-state index in [0.717, 1.165) is 28.5 Å². The molecule has 1 unspecified atom stereocenters. The fourth-order valence-corrected chi connectivity index (χ4v) is 3.74. The Balaban J connectivity index is 2.00. The molecule has 0 saturated carbocycles. The van der Waals surface area contributed by atoms with Crippen LogP contribution in [0.25, 0.3) is 33.5 Å². The van der Waals surface area contributed by atoms with Crippen LogP contribution < -0.4 is 0 Å². The molecule has 0 aliphatic heterocycles. The van der Waals surface area contributed by atoms with Gasteiger partial charge in [-0.25, -0.2) is 8.42 Å². The maximum Gasteiger partial charge on any atom is 0.203 e. The van der Waals surface area contributed by atoms with Crippen LogP contribution in [0.15, 0.2) is 60.7 Å². The molecule has 0 aliphatic carbocycles. The zero-order chi connectivity index (χ0) is 19.7. The lowest BCUT2D eigenvalue weighted by atomic mass is 9.98. The standard InChI is InChI=1S/C20H17ClN4O2S/c1-28(26,27)16(21)12-15-17-19(14-10-6-3-7-11-14)23-25-20(17)24-22-18(15)13-8-4-2-5-9-13/h2-11,16H,12H2,1H3,(H,23,24,25). The fraction of sp³-hybridized carbons (Fsp3) is 0.150. The van der Waals surface area contributed by atoms with Gasteiger partial charge < -0.3 is 0 Å². The van der Waals surface area contributed by atoms with Gasteiger partial charge in [0.05, 0.1) is 16.8 Å². The van der Waals surface area contributed by atoms with Gasteiger partial charge in [0.25, 0.3) is 0 Å². The Hall–Kier alpha value is -2.77. The summed E-state index contributed by atoms with van der Waals surface area (Å²) in [6.07, 6.45) is 1.22. The van der Waals surface area contributed by atoms with E-state index in [0.29, 0.717) is 16.9 Å². The molecule has 2 aromatic heterocycles. The molecule has 0 aliphatic rings. The Morgan fingerprint density at radius 1 is 0.964 bits per heavy atom. The smallest absolute Gasteiger partial charge is 0.203 e. The van der Waals surface area contributed by atoms with Gasteiger partial charge in [-0.15, -0.1) is 21.8 Å². The van der Waals surface area contributed by atoms with E-state index in [-0.39, 0.29) is 6.42 Å². The molecule has 8 heteroatoms. The number of hydrogen-bond donors (Lipinski definition) is 1. The normalized spacial score (nSPS) is 12.9. The Morgan fingerprint density at radius 2 is 1.57 bits per heavy atom. The van der Waals surface area contributed by atoms with E-state index in [9.17, 15) is 8.42 Å². The van der Waals surface area contributed by atoms with Crippen molar-refractivity contribution in [3.8, 4) is 22.5 Å². The number of benzene rings is 2. The van der Waals surface area contributed by atoms with Crippen LogP contribution >= 0.6 is 11.6 Å². The van der Waals surface area contributed by atoms with E-state index in [4.69, 9.17) is 11.6 Å². The molecule has 1 N–H and O–H groups in total. The van der Waals surface area contributed by atoms with Crippen molar-refractivity contribution >= 4 is 32.5 Å². The molecule has 2 aromatic carbocycles. The quantitative estimate of drug-likeness (QED) is 0.503. The van der Waals surface area contributed by atoms with Crippen LogP contribution in [-0.2, 0) is 16.3 Å². The first-order valence-electron chi connectivity index (χ1n) is 8.62. The first-order valence-corrected chi connectivity index (χ1v) is 11.0. The number of nitrogens with one attached hydrogen (secondary N) is 1. The van der Waals surface area contributed by atoms with Crippen molar-refractivity contribution in [1.82, 2.24) is 20.4 Å². The van der Waals surface area contributed by atoms with Crippen molar-refractivity contribution < 1.29 is 8.42 Å². The number of rotatable bonds is 5. The van der Waals surface area contributed by atoms with Crippen LogP contribution in [0.2, 0.25) is 0 Å². The van der Waals surface area contributed by atoms with Gasteiger partial charge in [-0.3, -0.25) is 5.10 Å². The van der Waals surface area contributed by atoms with Gasteiger partial charge >= 0.3 is 0 Å². The topological polar surface area (TPSA) is 88.6 Å². The van der Waals surface area contributed by atoms with Crippen molar-refractivity contribution in [2.24, 2.45) is 0 Å². The van der Waals surface area contributed by atoms with Crippen molar-refractivity contribution in [3.63, 3.8) is 0 Å². The summed E-state index contributed by atoms with van der Waals surface area (Å²) in [6, 6.07) is 19.2. The average molecular weight is 413 g/mol. The minimum atomic E-state index is -3.44. The number of hydrogen-bond acceptors (Lipinski definition) is 5. The summed E-state index contributed by atoms with van der Waals surface area (Å²) >= 11 is 6.25. The Kier molecular flexibility index (Phi) is 4.87. The van der Waals surface area contributed by atoms with Crippen molar-refractivity contribution in [2.75, 3.05) is 6.26 Å². The molecule has 142 valence electrons. The summed E-state index contributed by atoms with van der Waals surface area (Å²) in [5, 5.41) is 16.6. The van der Waals surface area contributed by atoms with Crippen LogP contribution in [0.4, 0.5) is 0 Å². The number of alkyl halides is 1. The summed E-state index contributed by atoms with van der Waals surface area (Å²) in [5.74, 6) is 0. The van der Waals surface area contributed by atoms with E-state index in [1.165, 1.54) is 0 Å². The lowest BCUT2D eigenvalue weighted by molar-refractivity contribution is 0.597. The van der Waals surface area contributed by atoms with Crippen molar-refractivity contribution in [3.05, 3.63) is 66.2 Å². The van der Waals surface area contributed by atoms with Gasteiger partial charge in [-0.2, -0.15) is 5.10 Å². The summed E-state index contributed by atoms with van der Waals surface area (Å²) < 4.78 is 23.0. The van der Waals surface area contributed by atoms with Gasteiger partial charge in [0.1, 0.15) is 4.71 Å². The maximum absolute atomic E-state index is 12.0. The molecular weight excluding hydrogens is 396 g/mol. The minimum Gasteiger partial charge on any atom is -0.275 e. The predicted octanol–water partition coefficient (Wildman–Crippen LogP) is 3.84. The Bertz CT molecular complexity index is 1230. The number of H-pyrrole nitrogens is 1. The summed E-state index contributed by atoms with van der Waals surface area (Å²) in [4.78, 5) is 0. The first kappa shape index (κ1) is 18.6. The molecule has 2 heterocycles. The van der Waals surface area contributed by atoms with Crippen molar-refractivity contribution in [2.45, 2.75) is 11.1 Å². The van der Waals surface area contributed by atoms with E-state index >= 15 is 0 Å². The monoisotopic (exact) mass is 412 g/mol. The fourth-order valence-electron chi connectivity index (χ4n) is 3.12. The zero-order valence-corrected chi connectivity index (χ0v) is 16.6. The molecule has 0 amide bonds. The van der Waals surface area contributed by atoms with Crippen LogP contribution in [-0.4, -0.2) is 39.8 Å². The van der Waals surface area contributed by atoms with Crippen LogP contribution in [0.1, 0.15) is 5.56 Å². The molecule has 0 radical (unpaired) electrons. The Labute approximate surface area is 167 Å². The number of halogens is 1. The summed E-state index contributed by atoms with van der Waals surface area (Å²) in [7, 11) is -3.44. The molecule has 0 bridgehead atoms. The number of aromatic amines is 1. The van der Waals surface area contributed by atoms with E-state index in [2.05, 4.69) is 20.4 Å². The molecule has 4 aromatic rings. The highest BCUT2D eigenvalue weighted by molar-refractivity contribution is 7.92. The molecule has 28 heavy (non-hydrogen) atoms. The highest BCUT2D eigenvalue weighted by atomic mass is 35.5. The second-order valence-corrected chi connectivity index (χ2v) is 9.51. The average Bonchev–Trinajstić information content (AvgIpc) is 3.13. The van der Waals surface area contributed by atoms with Gasteiger partial charge in [0, 0.05) is 23.8 Å². The SMILES string of the molecule is CS(=O)(=O)C(Cl)Cc1c(-c2ccccc2)nnc2n[nH]c(-c3ccccc3)c12. The lowest BCUT2D eigenvalue weighted by Gasteiger charge is -2.13.